The second-order valence-electron chi connectivity index (χ2n) is 6.57. The fourth-order valence-electron chi connectivity index (χ4n) is 3.18. The number of fused-ring (bicyclic) bond motifs is 2. The van der Waals surface area contributed by atoms with Crippen molar-refractivity contribution >= 4 is 40.6 Å². The lowest BCUT2D eigenvalue weighted by Gasteiger charge is -2.21. The van der Waals surface area contributed by atoms with E-state index in [9.17, 15) is 9.59 Å². The summed E-state index contributed by atoms with van der Waals surface area (Å²) in [5.74, 6) is 2.09. The molecule has 0 spiro atoms. The maximum Gasteiger partial charge on any atom is 0.260 e. The van der Waals surface area contributed by atoms with Gasteiger partial charge in [0.05, 0.1) is 17.8 Å². The third-order valence-electron chi connectivity index (χ3n) is 4.63. The van der Waals surface area contributed by atoms with Crippen molar-refractivity contribution in [1.29, 1.82) is 0 Å². The molecular formula is C23H15N5O2S. The molecule has 0 fully saturated rings. The number of rotatable bonds is 4. The fraction of sp³-hybridized carbons (Fsp3) is 0.0435. The Morgan fingerprint density at radius 2 is 1.90 bits per heavy atom. The number of azide groups is 1. The van der Waals surface area contributed by atoms with Gasteiger partial charge in [-0.1, -0.05) is 47.1 Å². The standard InChI is InChI=1S/C23H15N5O2S/c1-2-13-28-19-12-11-17(25-22(29)15-7-9-16(10-8-15)26-27-24)14-21(19)31-20-6-4-3-5-18(20)23(28)30/h1,3-12,14H,13H2,(H,25,29). The van der Waals surface area contributed by atoms with Crippen molar-refractivity contribution in [3.8, 4) is 12.3 Å². The molecule has 7 nitrogen and oxygen atoms in total. The number of amides is 2. The van der Waals surface area contributed by atoms with Crippen molar-refractivity contribution in [2.45, 2.75) is 9.79 Å². The Labute approximate surface area is 182 Å². The van der Waals surface area contributed by atoms with Gasteiger partial charge in [-0.05, 0) is 48.0 Å². The third kappa shape index (κ3) is 4.09. The third-order valence-corrected chi connectivity index (χ3v) is 5.75. The highest BCUT2D eigenvalue weighted by atomic mass is 32.2. The number of nitrogens with zero attached hydrogens (tertiary/aromatic N) is 4. The molecule has 150 valence electrons. The zero-order valence-corrected chi connectivity index (χ0v) is 17.0. The molecule has 1 aliphatic heterocycles. The van der Waals surface area contributed by atoms with Crippen LogP contribution in [0.15, 0.2) is 81.6 Å². The fourth-order valence-corrected chi connectivity index (χ4v) is 4.30. The summed E-state index contributed by atoms with van der Waals surface area (Å²) in [5.41, 5.74) is 11.2. The summed E-state index contributed by atoms with van der Waals surface area (Å²) in [7, 11) is 0. The monoisotopic (exact) mass is 425 g/mol. The van der Waals surface area contributed by atoms with E-state index in [-0.39, 0.29) is 18.4 Å². The number of benzene rings is 3. The van der Waals surface area contributed by atoms with Crippen LogP contribution in [-0.2, 0) is 0 Å². The van der Waals surface area contributed by atoms with Crippen LogP contribution >= 0.6 is 11.8 Å². The van der Waals surface area contributed by atoms with E-state index >= 15 is 0 Å². The number of carbonyl (C=O) groups excluding carboxylic acids is 2. The smallest absolute Gasteiger partial charge is 0.260 e. The Kier molecular flexibility index (Phi) is 5.63. The number of hydrogen-bond donors (Lipinski definition) is 1. The van der Waals surface area contributed by atoms with E-state index in [1.807, 2.05) is 24.3 Å². The van der Waals surface area contributed by atoms with Crippen molar-refractivity contribution < 1.29 is 9.59 Å². The summed E-state index contributed by atoms with van der Waals surface area (Å²) in [6.07, 6.45) is 5.51. The van der Waals surface area contributed by atoms with Crippen LogP contribution in [-0.4, -0.2) is 18.4 Å². The Bertz CT molecular complexity index is 1270. The first-order valence-corrected chi connectivity index (χ1v) is 10.0. The normalized spacial score (nSPS) is 12.0. The molecule has 0 atom stereocenters. The van der Waals surface area contributed by atoms with Gasteiger partial charge in [-0.25, -0.2) is 0 Å². The lowest BCUT2D eigenvalue weighted by molar-refractivity contribution is 0.0985. The van der Waals surface area contributed by atoms with Gasteiger partial charge in [0.15, 0.2) is 0 Å². The highest BCUT2D eigenvalue weighted by Gasteiger charge is 2.27. The zero-order chi connectivity index (χ0) is 21.8. The van der Waals surface area contributed by atoms with Crippen molar-refractivity contribution in [3.05, 3.63) is 88.3 Å². The number of hydrogen-bond acceptors (Lipinski definition) is 4. The van der Waals surface area contributed by atoms with E-state index in [0.29, 0.717) is 28.2 Å². The topological polar surface area (TPSA) is 98.2 Å². The van der Waals surface area contributed by atoms with Crippen molar-refractivity contribution in [1.82, 2.24) is 0 Å². The molecule has 4 rings (SSSR count). The van der Waals surface area contributed by atoms with Crippen molar-refractivity contribution in [2.75, 3.05) is 16.8 Å². The quantitative estimate of drug-likeness (QED) is 0.254. The Morgan fingerprint density at radius 1 is 1.13 bits per heavy atom. The van der Waals surface area contributed by atoms with E-state index in [0.717, 1.165) is 9.79 Å². The van der Waals surface area contributed by atoms with Gasteiger partial charge >= 0.3 is 0 Å². The van der Waals surface area contributed by atoms with Crippen LogP contribution in [0.1, 0.15) is 20.7 Å². The maximum absolute atomic E-state index is 13.0. The average Bonchev–Trinajstić information content (AvgIpc) is 2.89. The first-order chi connectivity index (χ1) is 15.1. The molecule has 3 aromatic carbocycles. The van der Waals surface area contributed by atoms with Crippen LogP contribution in [0.3, 0.4) is 0 Å². The second-order valence-corrected chi connectivity index (χ2v) is 7.65. The summed E-state index contributed by atoms with van der Waals surface area (Å²) >= 11 is 1.45. The summed E-state index contributed by atoms with van der Waals surface area (Å²) in [6, 6.07) is 19.0. The van der Waals surface area contributed by atoms with Gasteiger partial charge in [0.1, 0.15) is 0 Å². The molecule has 1 heterocycles. The minimum absolute atomic E-state index is 0.143. The summed E-state index contributed by atoms with van der Waals surface area (Å²) in [6.45, 7) is 0.143. The van der Waals surface area contributed by atoms with Crippen molar-refractivity contribution in [2.24, 2.45) is 5.11 Å². The van der Waals surface area contributed by atoms with E-state index in [1.165, 1.54) is 11.8 Å². The van der Waals surface area contributed by atoms with Crippen LogP contribution in [0.25, 0.3) is 10.4 Å². The zero-order valence-electron chi connectivity index (χ0n) is 16.1. The average molecular weight is 425 g/mol. The molecule has 0 bridgehead atoms. The summed E-state index contributed by atoms with van der Waals surface area (Å²) in [4.78, 5) is 31.6. The van der Waals surface area contributed by atoms with Gasteiger partial charge < -0.3 is 5.32 Å². The van der Waals surface area contributed by atoms with Gasteiger partial charge in [0, 0.05) is 31.6 Å². The molecule has 0 saturated heterocycles. The molecule has 8 heteroatoms. The number of anilines is 2. The van der Waals surface area contributed by atoms with Crippen molar-refractivity contribution in [3.63, 3.8) is 0 Å². The van der Waals surface area contributed by atoms with E-state index in [1.54, 1.807) is 47.4 Å². The van der Waals surface area contributed by atoms with Crippen LogP contribution in [0.4, 0.5) is 17.1 Å². The Morgan fingerprint density at radius 3 is 2.65 bits per heavy atom. The van der Waals surface area contributed by atoms with Crippen LogP contribution in [0.5, 0.6) is 0 Å². The van der Waals surface area contributed by atoms with E-state index in [2.05, 4.69) is 21.3 Å². The first-order valence-electron chi connectivity index (χ1n) is 9.23. The van der Waals surface area contributed by atoms with E-state index in [4.69, 9.17) is 12.0 Å². The van der Waals surface area contributed by atoms with Gasteiger partial charge in [-0.2, -0.15) is 0 Å². The SMILES string of the molecule is C#CCN1C(=O)c2ccccc2Sc2cc(NC(=O)c3ccc(N=[N+]=[N-])cc3)ccc21. The lowest BCUT2D eigenvalue weighted by atomic mass is 10.1. The molecule has 1 aliphatic rings. The molecule has 0 saturated carbocycles. The number of terminal acetylenes is 1. The van der Waals surface area contributed by atoms with Gasteiger partial charge in [0.25, 0.3) is 11.8 Å². The van der Waals surface area contributed by atoms with Gasteiger partial charge in [-0.3, -0.25) is 14.5 Å². The highest BCUT2D eigenvalue weighted by molar-refractivity contribution is 7.99. The summed E-state index contributed by atoms with van der Waals surface area (Å²) < 4.78 is 0. The van der Waals surface area contributed by atoms with Crippen LogP contribution in [0.2, 0.25) is 0 Å². The largest absolute Gasteiger partial charge is 0.322 e. The summed E-state index contributed by atoms with van der Waals surface area (Å²) in [5, 5.41) is 6.36. The Hall–Kier alpha value is -4.18. The van der Waals surface area contributed by atoms with Crippen LogP contribution < -0.4 is 10.2 Å². The predicted molar refractivity (Wildman–Crippen MR) is 121 cm³/mol. The molecule has 0 unspecified atom stereocenters. The van der Waals surface area contributed by atoms with Crippen LogP contribution in [0, 0.1) is 12.3 Å². The number of nitrogens with one attached hydrogen (secondary N) is 1. The minimum Gasteiger partial charge on any atom is -0.322 e. The first kappa shape index (κ1) is 20.1. The molecule has 0 aliphatic carbocycles. The number of carbonyl (C=O) groups is 2. The maximum atomic E-state index is 13.0. The minimum atomic E-state index is -0.303. The van der Waals surface area contributed by atoms with Gasteiger partial charge in [-0.15, -0.1) is 6.42 Å². The predicted octanol–water partition coefficient (Wildman–Crippen LogP) is 5.63. The van der Waals surface area contributed by atoms with E-state index < -0.39 is 0 Å². The molecule has 3 aromatic rings. The molecule has 2 amide bonds. The van der Waals surface area contributed by atoms with Gasteiger partial charge in [0.2, 0.25) is 0 Å². The highest BCUT2D eigenvalue weighted by Crippen LogP contribution is 2.42. The second kappa shape index (κ2) is 8.67. The molecule has 0 radical (unpaired) electrons. The molecule has 1 N–H and O–H groups in total. The molecule has 31 heavy (non-hydrogen) atoms. The Balaban J connectivity index is 1.65. The molecular weight excluding hydrogens is 410 g/mol. The molecule has 0 aromatic heterocycles. The lowest BCUT2D eigenvalue weighted by Crippen LogP contribution is -2.31.